The number of nitrogens with one attached hydrogen (secondary N) is 1. The zero-order valence-electron chi connectivity index (χ0n) is 10.4. The maximum absolute atomic E-state index is 5.96. The molecule has 1 aromatic rings. The molecule has 0 aliphatic carbocycles. The summed E-state index contributed by atoms with van der Waals surface area (Å²) in [5.74, 6) is 0.680. The highest BCUT2D eigenvalue weighted by Crippen LogP contribution is 2.29. The summed E-state index contributed by atoms with van der Waals surface area (Å²) < 4.78 is 5.96. The predicted octanol–water partition coefficient (Wildman–Crippen LogP) is 1.76. The fourth-order valence-electron chi connectivity index (χ4n) is 2.85. The van der Waals surface area contributed by atoms with Gasteiger partial charge < -0.3 is 10.1 Å². The summed E-state index contributed by atoms with van der Waals surface area (Å²) in [6, 6.07) is 1.30. The summed E-state index contributed by atoms with van der Waals surface area (Å²) in [6.45, 7) is 3.94. The number of fused-ring (bicyclic) bond motifs is 2. The third-order valence-electron chi connectivity index (χ3n) is 3.89. The molecule has 2 saturated heterocycles. The molecule has 0 saturated carbocycles. The third kappa shape index (κ3) is 2.27. The molecular weight excluding hydrogens is 214 g/mol. The van der Waals surface area contributed by atoms with Crippen LogP contribution in [0.25, 0.3) is 0 Å². The molecule has 1 aromatic heterocycles. The van der Waals surface area contributed by atoms with Gasteiger partial charge in [-0.05, 0) is 39.5 Å². The van der Waals surface area contributed by atoms with Crippen LogP contribution in [0, 0.1) is 13.8 Å². The Morgan fingerprint density at radius 2 is 1.88 bits per heavy atom. The van der Waals surface area contributed by atoms with Crippen LogP contribution >= 0.6 is 0 Å². The van der Waals surface area contributed by atoms with E-state index in [2.05, 4.69) is 15.3 Å². The molecule has 2 aliphatic rings. The summed E-state index contributed by atoms with van der Waals surface area (Å²) in [5.41, 5.74) is 1.93. The van der Waals surface area contributed by atoms with Crippen LogP contribution in [0.5, 0.6) is 5.88 Å². The molecule has 2 unspecified atom stereocenters. The van der Waals surface area contributed by atoms with Crippen LogP contribution in [0.4, 0.5) is 0 Å². The lowest BCUT2D eigenvalue weighted by molar-refractivity contribution is 0.131. The Balaban J connectivity index is 1.68. The monoisotopic (exact) mass is 233 g/mol. The van der Waals surface area contributed by atoms with Crippen molar-refractivity contribution < 1.29 is 4.74 Å². The van der Waals surface area contributed by atoms with Gasteiger partial charge >= 0.3 is 0 Å². The standard InChI is InChI=1S/C13H19N3O/c1-8-9(2)15-13(7-14-8)17-12-5-10-3-4-11(6-12)16-10/h7,10-12,16H,3-6H2,1-2H3. The number of ether oxygens (including phenoxy) is 1. The van der Waals surface area contributed by atoms with Gasteiger partial charge in [0.2, 0.25) is 5.88 Å². The minimum Gasteiger partial charge on any atom is -0.473 e. The number of rotatable bonds is 2. The Morgan fingerprint density at radius 3 is 2.53 bits per heavy atom. The summed E-state index contributed by atoms with van der Waals surface area (Å²) in [4.78, 5) is 8.73. The SMILES string of the molecule is Cc1ncc(OC2CC3CCC(C2)N3)nc1C. The van der Waals surface area contributed by atoms with E-state index in [0.717, 1.165) is 24.2 Å². The number of piperidine rings is 1. The highest BCUT2D eigenvalue weighted by atomic mass is 16.5. The van der Waals surface area contributed by atoms with Crippen LogP contribution in [-0.4, -0.2) is 28.2 Å². The Morgan fingerprint density at radius 1 is 1.18 bits per heavy atom. The van der Waals surface area contributed by atoms with Gasteiger partial charge in [0, 0.05) is 12.1 Å². The van der Waals surface area contributed by atoms with E-state index < -0.39 is 0 Å². The van der Waals surface area contributed by atoms with E-state index in [0.29, 0.717) is 24.1 Å². The van der Waals surface area contributed by atoms with Gasteiger partial charge in [-0.1, -0.05) is 0 Å². The van der Waals surface area contributed by atoms with Gasteiger partial charge in [-0.2, -0.15) is 0 Å². The molecule has 2 aliphatic heterocycles. The molecule has 0 radical (unpaired) electrons. The molecule has 0 amide bonds. The Bertz CT molecular complexity index is 409. The number of nitrogens with zero attached hydrogens (tertiary/aromatic N) is 2. The molecule has 3 heterocycles. The second-order valence-electron chi connectivity index (χ2n) is 5.23. The second kappa shape index (κ2) is 4.26. The molecule has 0 aromatic carbocycles. The molecule has 0 spiro atoms. The van der Waals surface area contributed by atoms with Gasteiger partial charge in [-0.25, -0.2) is 4.98 Å². The minimum atomic E-state index is 0.310. The fraction of sp³-hybridized carbons (Fsp3) is 0.692. The average Bonchev–Trinajstić information content (AvgIpc) is 2.64. The summed E-state index contributed by atoms with van der Waals surface area (Å²) in [7, 11) is 0. The topological polar surface area (TPSA) is 47.0 Å². The van der Waals surface area contributed by atoms with Gasteiger partial charge in [0.25, 0.3) is 0 Å². The molecule has 2 atom stereocenters. The van der Waals surface area contributed by atoms with Crippen LogP contribution in [0.15, 0.2) is 6.20 Å². The molecule has 2 fully saturated rings. The predicted molar refractivity (Wildman–Crippen MR) is 65.1 cm³/mol. The minimum absolute atomic E-state index is 0.310. The molecule has 92 valence electrons. The first-order chi connectivity index (χ1) is 8.20. The van der Waals surface area contributed by atoms with E-state index in [9.17, 15) is 0 Å². The van der Waals surface area contributed by atoms with Crippen LogP contribution < -0.4 is 10.1 Å². The Kier molecular flexibility index (Phi) is 2.74. The van der Waals surface area contributed by atoms with Crippen molar-refractivity contribution in [2.75, 3.05) is 0 Å². The molecule has 4 heteroatoms. The number of aryl methyl sites for hydroxylation is 2. The van der Waals surface area contributed by atoms with Crippen molar-refractivity contribution in [2.24, 2.45) is 0 Å². The Labute approximate surface area is 102 Å². The van der Waals surface area contributed by atoms with Crippen LogP contribution in [0.3, 0.4) is 0 Å². The van der Waals surface area contributed by atoms with E-state index in [1.807, 2.05) is 13.8 Å². The molecule has 17 heavy (non-hydrogen) atoms. The van der Waals surface area contributed by atoms with Gasteiger partial charge in [-0.15, -0.1) is 0 Å². The Hall–Kier alpha value is -1.16. The van der Waals surface area contributed by atoms with Crippen molar-refractivity contribution in [3.8, 4) is 5.88 Å². The van der Waals surface area contributed by atoms with Crippen molar-refractivity contribution in [1.29, 1.82) is 0 Å². The summed E-state index contributed by atoms with van der Waals surface area (Å²) in [6.07, 6.45) is 6.85. The van der Waals surface area contributed by atoms with Gasteiger partial charge in [0.15, 0.2) is 0 Å². The molecular formula is C13H19N3O. The normalized spacial score (nSPS) is 31.5. The summed E-state index contributed by atoms with van der Waals surface area (Å²) in [5, 5.41) is 3.61. The van der Waals surface area contributed by atoms with E-state index in [1.165, 1.54) is 12.8 Å². The van der Waals surface area contributed by atoms with Gasteiger partial charge in [0.05, 0.1) is 17.6 Å². The zero-order chi connectivity index (χ0) is 11.8. The van der Waals surface area contributed by atoms with E-state index in [1.54, 1.807) is 6.20 Å². The van der Waals surface area contributed by atoms with Crippen molar-refractivity contribution in [3.63, 3.8) is 0 Å². The fourth-order valence-corrected chi connectivity index (χ4v) is 2.85. The van der Waals surface area contributed by atoms with Crippen LogP contribution in [0.2, 0.25) is 0 Å². The zero-order valence-corrected chi connectivity index (χ0v) is 10.4. The lowest BCUT2D eigenvalue weighted by Gasteiger charge is -2.29. The smallest absolute Gasteiger partial charge is 0.232 e. The van der Waals surface area contributed by atoms with Crippen LogP contribution in [0.1, 0.15) is 37.1 Å². The maximum Gasteiger partial charge on any atom is 0.232 e. The molecule has 2 bridgehead atoms. The highest BCUT2D eigenvalue weighted by molar-refractivity contribution is 5.14. The van der Waals surface area contributed by atoms with Crippen molar-refractivity contribution in [2.45, 2.75) is 57.7 Å². The molecule has 4 nitrogen and oxygen atoms in total. The third-order valence-corrected chi connectivity index (χ3v) is 3.89. The van der Waals surface area contributed by atoms with Gasteiger partial charge in [-0.3, -0.25) is 4.98 Å². The van der Waals surface area contributed by atoms with Crippen molar-refractivity contribution >= 4 is 0 Å². The maximum atomic E-state index is 5.96. The van der Waals surface area contributed by atoms with Crippen molar-refractivity contribution in [3.05, 3.63) is 17.6 Å². The average molecular weight is 233 g/mol. The summed E-state index contributed by atoms with van der Waals surface area (Å²) >= 11 is 0. The molecule has 1 N–H and O–H groups in total. The van der Waals surface area contributed by atoms with Gasteiger partial charge in [0.1, 0.15) is 6.10 Å². The van der Waals surface area contributed by atoms with E-state index in [4.69, 9.17) is 4.74 Å². The number of aromatic nitrogens is 2. The number of hydrogen-bond donors (Lipinski definition) is 1. The van der Waals surface area contributed by atoms with Crippen molar-refractivity contribution in [1.82, 2.24) is 15.3 Å². The lowest BCUT2D eigenvalue weighted by Crippen LogP contribution is -2.42. The van der Waals surface area contributed by atoms with E-state index in [-0.39, 0.29) is 0 Å². The second-order valence-corrected chi connectivity index (χ2v) is 5.23. The van der Waals surface area contributed by atoms with Crippen LogP contribution in [-0.2, 0) is 0 Å². The first kappa shape index (κ1) is 11.0. The lowest BCUT2D eigenvalue weighted by atomic mass is 10.0. The largest absolute Gasteiger partial charge is 0.473 e. The number of hydrogen-bond acceptors (Lipinski definition) is 4. The quantitative estimate of drug-likeness (QED) is 0.845. The molecule has 3 rings (SSSR count). The highest BCUT2D eigenvalue weighted by Gasteiger charge is 2.34. The first-order valence-corrected chi connectivity index (χ1v) is 6.43. The first-order valence-electron chi connectivity index (χ1n) is 6.43. The van der Waals surface area contributed by atoms with E-state index >= 15 is 0 Å².